The van der Waals surface area contributed by atoms with Crippen LogP contribution in [0.25, 0.3) is 0 Å². The third kappa shape index (κ3) is 2.53. The molecule has 2 nitrogen and oxygen atoms in total. The third-order valence-electron chi connectivity index (χ3n) is 3.80. The van der Waals surface area contributed by atoms with E-state index in [0.717, 1.165) is 12.4 Å². The van der Waals surface area contributed by atoms with Gasteiger partial charge in [0.05, 0.1) is 6.61 Å². The zero-order valence-corrected chi connectivity index (χ0v) is 12.1. The second kappa shape index (κ2) is 5.35. The Morgan fingerprint density at radius 2 is 2.16 bits per heavy atom. The molecule has 0 aliphatic carbocycles. The summed E-state index contributed by atoms with van der Waals surface area (Å²) in [6.45, 7) is 5.26. The number of ether oxygens (including phenoxy) is 1. The summed E-state index contributed by atoms with van der Waals surface area (Å²) in [5.74, 6) is 1.51. The van der Waals surface area contributed by atoms with Crippen LogP contribution >= 0.6 is 11.3 Å². The van der Waals surface area contributed by atoms with Gasteiger partial charge in [0.2, 0.25) is 0 Å². The molecule has 0 bridgehead atoms. The van der Waals surface area contributed by atoms with E-state index in [2.05, 4.69) is 54.2 Å². The Morgan fingerprint density at radius 3 is 2.95 bits per heavy atom. The van der Waals surface area contributed by atoms with Crippen LogP contribution in [-0.4, -0.2) is 6.61 Å². The van der Waals surface area contributed by atoms with E-state index in [9.17, 15) is 0 Å². The second-order valence-corrected chi connectivity index (χ2v) is 6.03. The van der Waals surface area contributed by atoms with E-state index in [4.69, 9.17) is 4.74 Å². The summed E-state index contributed by atoms with van der Waals surface area (Å²) in [4.78, 5) is 0. The van der Waals surface area contributed by atoms with Gasteiger partial charge in [-0.2, -0.15) is 11.3 Å². The van der Waals surface area contributed by atoms with Crippen LogP contribution in [0.3, 0.4) is 0 Å². The Bertz CT molecular complexity index is 537. The molecular formula is C16H19NOS. The van der Waals surface area contributed by atoms with Crippen molar-refractivity contribution in [1.82, 2.24) is 5.32 Å². The summed E-state index contributed by atoms with van der Waals surface area (Å²) in [5.41, 5.74) is 2.64. The highest BCUT2D eigenvalue weighted by atomic mass is 32.1. The Morgan fingerprint density at radius 1 is 1.32 bits per heavy atom. The van der Waals surface area contributed by atoms with Gasteiger partial charge in [-0.25, -0.2) is 0 Å². The zero-order valence-electron chi connectivity index (χ0n) is 11.3. The highest BCUT2D eigenvalue weighted by Crippen LogP contribution is 2.36. The van der Waals surface area contributed by atoms with E-state index >= 15 is 0 Å². The lowest BCUT2D eigenvalue weighted by Crippen LogP contribution is -2.35. The first-order valence-electron chi connectivity index (χ1n) is 6.75. The lowest BCUT2D eigenvalue weighted by molar-refractivity contribution is 0.182. The first-order chi connectivity index (χ1) is 9.25. The molecule has 0 spiro atoms. The quantitative estimate of drug-likeness (QED) is 0.906. The predicted molar refractivity (Wildman–Crippen MR) is 79.7 cm³/mol. The Labute approximate surface area is 118 Å². The van der Waals surface area contributed by atoms with Crippen molar-refractivity contribution in [3.63, 3.8) is 0 Å². The molecule has 2 aromatic rings. The van der Waals surface area contributed by atoms with Gasteiger partial charge in [0.15, 0.2) is 0 Å². The molecule has 3 heteroatoms. The number of para-hydroxylation sites is 1. The lowest BCUT2D eigenvalue weighted by Gasteiger charge is -2.34. The predicted octanol–water partition coefficient (Wildman–Crippen LogP) is 4.17. The van der Waals surface area contributed by atoms with Crippen LogP contribution < -0.4 is 10.1 Å². The number of hydrogen-bond donors (Lipinski definition) is 1. The van der Waals surface area contributed by atoms with Gasteiger partial charge in [0, 0.05) is 23.6 Å². The summed E-state index contributed by atoms with van der Waals surface area (Å²) in [5, 5.41) is 8.10. The van der Waals surface area contributed by atoms with Gasteiger partial charge >= 0.3 is 0 Å². The van der Waals surface area contributed by atoms with Crippen molar-refractivity contribution in [2.24, 2.45) is 5.92 Å². The average molecular weight is 273 g/mol. The number of fused-ring (bicyclic) bond motifs is 1. The standard InChI is InChI=1S/C16H19NOS/c1-11-9-18-15-6-4-3-5-14(15)16(11)17-12(2)13-7-8-19-10-13/h3-8,10-12,16-17H,9H2,1-2H3. The zero-order chi connectivity index (χ0) is 13.2. The van der Waals surface area contributed by atoms with Gasteiger partial charge in [-0.3, -0.25) is 0 Å². The van der Waals surface area contributed by atoms with E-state index in [1.807, 2.05) is 6.07 Å². The summed E-state index contributed by atoms with van der Waals surface area (Å²) in [7, 11) is 0. The monoisotopic (exact) mass is 273 g/mol. The van der Waals surface area contributed by atoms with Crippen LogP contribution in [-0.2, 0) is 0 Å². The van der Waals surface area contributed by atoms with Gasteiger partial charge < -0.3 is 10.1 Å². The van der Waals surface area contributed by atoms with Crippen LogP contribution in [0, 0.1) is 5.92 Å². The van der Waals surface area contributed by atoms with Crippen LogP contribution in [0.2, 0.25) is 0 Å². The minimum atomic E-state index is 0.361. The van der Waals surface area contributed by atoms with Gasteiger partial charge in [-0.05, 0) is 35.4 Å². The normalized spacial score (nSPS) is 23.5. The summed E-state index contributed by atoms with van der Waals surface area (Å²) >= 11 is 1.75. The summed E-state index contributed by atoms with van der Waals surface area (Å²) in [6, 6.07) is 11.3. The van der Waals surface area contributed by atoms with Crippen LogP contribution in [0.1, 0.15) is 37.1 Å². The van der Waals surface area contributed by atoms with Gasteiger partial charge in [-0.15, -0.1) is 0 Å². The number of benzene rings is 1. The van der Waals surface area contributed by atoms with E-state index < -0.39 is 0 Å². The molecule has 100 valence electrons. The Kier molecular flexibility index (Phi) is 3.58. The van der Waals surface area contributed by atoms with Crippen molar-refractivity contribution in [1.29, 1.82) is 0 Å². The van der Waals surface area contributed by atoms with Crippen molar-refractivity contribution in [2.75, 3.05) is 6.61 Å². The van der Waals surface area contributed by atoms with Crippen molar-refractivity contribution < 1.29 is 4.74 Å². The first-order valence-corrected chi connectivity index (χ1v) is 7.70. The number of rotatable bonds is 3. The summed E-state index contributed by atoms with van der Waals surface area (Å²) in [6.07, 6.45) is 0. The topological polar surface area (TPSA) is 21.3 Å². The minimum Gasteiger partial charge on any atom is -0.493 e. The van der Waals surface area contributed by atoms with Crippen LogP contribution in [0.4, 0.5) is 0 Å². The van der Waals surface area contributed by atoms with Crippen LogP contribution in [0.5, 0.6) is 5.75 Å². The van der Waals surface area contributed by atoms with Crippen molar-refractivity contribution in [3.8, 4) is 5.75 Å². The molecular weight excluding hydrogens is 254 g/mol. The smallest absolute Gasteiger partial charge is 0.124 e. The molecule has 0 fully saturated rings. The molecule has 19 heavy (non-hydrogen) atoms. The molecule has 1 aliphatic heterocycles. The first kappa shape index (κ1) is 12.7. The highest BCUT2D eigenvalue weighted by molar-refractivity contribution is 7.07. The van der Waals surface area contributed by atoms with Gasteiger partial charge in [0.1, 0.15) is 5.75 Å². The van der Waals surface area contributed by atoms with E-state index in [1.54, 1.807) is 11.3 Å². The molecule has 0 amide bonds. The average Bonchev–Trinajstić information content (AvgIpc) is 2.96. The van der Waals surface area contributed by atoms with Crippen LogP contribution in [0.15, 0.2) is 41.1 Å². The minimum absolute atomic E-state index is 0.361. The van der Waals surface area contributed by atoms with Crippen molar-refractivity contribution in [3.05, 3.63) is 52.2 Å². The van der Waals surface area contributed by atoms with Crippen molar-refractivity contribution in [2.45, 2.75) is 25.9 Å². The molecule has 1 aliphatic rings. The number of nitrogens with one attached hydrogen (secondary N) is 1. The number of hydrogen-bond acceptors (Lipinski definition) is 3. The fraction of sp³-hybridized carbons (Fsp3) is 0.375. The van der Waals surface area contributed by atoms with E-state index in [0.29, 0.717) is 18.0 Å². The van der Waals surface area contributed by atoms with Crippen molar-refractivity contribution >= 4 is 11.3 Å². The van der Waals surface area contributed by atoms with E-state index in [-0.39, 0.29) is 0 Å². The largest absolute Gasteiger partial charge is 0.493 e. The third-order valence-corrected chi connectivity index (χ3v) is 4.50. The molecule has 1 N–H and O–H groups in total. The molecule has 2 heterocycles. The maximum absolute atomic E-state index is 5.80. The van der Waals surface area contributed by atoms with Gasteiger partial charge in [-0.1, -0.05) is 25.1 Å². The maximum Gasteiger partial charge on any atom is 0.124 e. The SMILES string of the molecule is CC(NC1c2ccccc2OCC1C)c1ccsc1. The maximum atomic E-state index is 5.80. The molecule has 0 saturated heterocycles. The number of thiophene rings is 1. The molecule has 3 atom stereocenters. The molecule has 0 radical (unpaired) electrons. The molecule has 3 rings (SSSR count). The van der Waals surface area contributed by atoms with Gasteiger partial charge in [0.25, 0.3) is 0 Å². The molecule has 1 aromatic heterocycles. The Balaban J connectivity index is 1.84. The fourth-order valence-corrected chi connectivity index (χ4v) is 3.39. The fourth-order valence-electron chi connectivity index (χ4n) is 2.63. The lowest BCUT2D eigenvalue weighted by atomic mass is 9.91. The second-order valence-electron chi connectivity index (χ2n) is 5.25. The summed E-state index contributed by atoms with van der Waals surface area (Å²) < 4.78 is 5.80. The molecule has 1 aromatic carbocycles. The molecule has 0 saturated carbocycles. The highest BCUT2D eigenvalue weighted by Gasteiger charge is 2.28. The molecule has 3 unspecified atom stereocenters. The van der Waals surface area contributed by atoms with E-state index in [1.165, 1.54) is 11.1 Å². The Hall–Kier alpha value is -1.32.